The largest absolute Gasteiger partial charge is 0.493 e. The quantitative estimate of drug-likeness (QED) is 0.137. The second kappa shape index (κ2) is 12.1. The number of hydrazone groups is 1. The Kier molecular flexibility index (Phi) is 8.98. The highest BCUT2D eigenvalue weighted by Crippen LogP contribution is 2.36. The number of nitrogens with one attached hydrogen (secondary N) is 1. The number of nitrogens with zero attached hydrogens (tertiary/aromatic N) is 4. The molecule has 182 valence electrons. The van der Waals surface area contributed by atoms with Crippen molar-refractivity contribution in [3.05, 3.63) is 80.1 Å². The molecule has 0 spiro atoms. The summed E-state index contributed by atoms with van der Waals surface area (Å²) in [6.45, 7) is 3.79. The van der Waals surface area contributed by atoms with Crippen LogP contribution in [-0.2, 0) is 11.4 Å². The number of thioether (sulfide) groups is 1. The first-order valence-corrected chi connectivity index (χ1v) is 11.6. The van der Waals surface area contributed by atoms with E-state index in [1.54, 1.807) is 24.3 Å². The summed E-state index contributed by atoms with van der Waals surface area (Å²) < 4.78 is 11.1. The van der Waals surface area contributed by atoms with E-state index in [4.69, 9.17) is 21.1 Å². The van der Waals surface area contributed by atoms with Crippen LogP contribution in [0.5, 0.6) is 11.5 Å². The summed E-state index contributed by atoms with van der Waals surface area (Å²) in [5.74, 6) is 0.420. The number of rotatable bonds is 10. The zero-order chi connectivity index (χ0) is 25.4. The third kappa shape index (κ3) is 7.66. The predicted octanol–water partition coefficient (Wildman–Crippen LogP) is 4.49. The molecule has 0 fully saturated rings. The molecule has 0 aliphatic rings. The van der Waals surface area contributed by atoms with E-state index in [2.05, 4.69) is 20.5 Å². The lowest BCUT2D eigenvalue weighted by atomic mass is 10.2. The van der Waals surface area contributed by atoms with Gasteiger partial charge in [-0.1, -0.05) is 35.5 Å². The van der Waals surface area contributed by atoms with Crippen molar-refractivity contribution in [3.63, 3.8) is 0 Å². The van der Waals surface area contributed by atoms with Crippen LogP contribution in [0.25, 0.3) is 0 Å². The van der Waals surface area contributed by atoms with Crippen molar-refractivity contribution in [1.82, 2.24) is 15.4 Å². The number of carbonyl (C=O) groups is 1. The van der Waals surface area contributed by atoms with Crippen LogP contribution in [0.3, 0.4) is 0 Å². The van der Waals surface area contributed by atoms with Gasteiger partial charge in [-0.25, -0.2) is 15.4 Å². The lowest BCUT2D eigenvalue weighted by Gasteiger charge is -2.13. The predicted molar refractivity (Wildman–Crippen MR) is 133 cm³/mol. The van der Waals surface area contributed by atoms with Crippen LogP contribution in [0.15, 0.2) is 52.7 Å². The fraction of sp³-hybridized carbons (Fsp3) is 0.217. The van der Waals surface area contributed by atoms with Crippen molar-refractivity contribution in [2.45, 2.75) is 25.6 Å². The molecule has 35 heavy (non-hydrogen) atoms. The first kappa shape index (κ1) is 25.9. The van der Waals surface area contributed by atoms with Crippen molar-refractivity contribution < 1.29 is 19.2 Å². The van der Waals surface area contributed by atoms with Gasteiger partial charge in [-0.3, -0.25) is 14.9 Å². The van der Waals surface area contributed by atoms with Gasteiger partial charge < -0.3 is 9.47 Å². The SMILES string of the molecule is COc1cc(/C=N\NC(=O)CSc2nc(C)cc(C)n2)cc(Cl)c1OCc1cccc([N+](=O)[O-])c1. The third-order valence-electron chi connectivity index (χ3n) is 4.45. The van der Waals surface area contributed by atoms with Crippen LogP contribution >= 0.6 is 23.4 Å². The summed E-state index contributed by atoms with van der Waals surface area (Å²) in [7, 11) is 1.46. The second-order valence-electron chi connectivity index (χ2n) is 7.26. The van der Waals surface area contributed by atoms with E-state index in [-0.39, 0.29) is 34.7 Å². The maximum atomic E-state index is 12.1. The van der Waals surface area contributed by atoms with Gasteiger partial charge >= 0.3 is 0 Å². The zero-order valence-electron chi connectivity index (χ0n) is 19.1. The Morgan fingerprint density at radius 2 is 1.97 bits per heavy atom. The van der Waals surface area contributed by atoms with E-state index < -0.39 is 4.92 Å². The van der Waals surface area contributed by atoms with E-state index in [1.165, 1.54) is 37.2 Å². The second-order valence-corrected chi connectivity index (χ2v) is 8.61. The first-order valence-electron chi connectivity index (χ1n) is 10.3. The van der Waals surface area contributed by atoms with Crippen molar-refractivity contribution in [2.75, 3.05) is 12.9 Å². The lowest BCUT2D eigenvalue weighted by Crippen LogP contribution is -2.19. The number of amides is 1. The lowest BCUT2D eigenvalue weighted by molar-refractivity contribution is -0.384. The van der Waals surface area contributed by atoms with Crippen molar-refractivity contribution in [2.24, 2.45) is 5.10 Å². The van der Waals surface area contributed by atoms with Crippen LogP contribution < -0.4 is 14.9 Å². The number of nitro benzene ring substituents is 1. The van der Waals surface area contributed by atoms with E-state index in [0.29, 0.717) is 22.0 Å². The summed E-state index contributed by atoms with van der Waals surface area (Å²) in [5, 5.41) is 15.7. The number of non-ortho nitro benzene ring substituents is 1. The number of ether oxygens (including phenoxy) is 2. The Bertz CT molecular complexity index is 1250. The van der Waals surface area contributed by atoms with Gasteiger partial charge in [-0.05, 0) is 43.2 Å². The fourth-order valence-electron chi connectivity index (χ4n) is 2.97. The number of hydrogen-bond acceptors (Lipinski definition) is 9. The molecule has 1 heterocycles. The molecule has 1 aromatic heterocycles. The smallest absolute Gasteiger partial charge is 0.269 e. The zero-order valence-corrected chi connectivity index (χ0v) is 20.7. The van der Waals surface area contributed by atoms with Gasteiger partial charge in [0.15, 0.2) is 16.7 Å². The molecule has 2 aromatic carbocycles. The summed E-state index contributed by atoms with van der Waals surface area (Å²) in [6.07, 6.45) is 1.43. The standard InChI is InChI=1S/C23H22ClN5O5S/c1-14-7-15(2)27-23(26-14)35-13-21(30)28-25-11-17-9-19(24)22(20(10-17)33-3)34-12-16-5-4-6-18(8-16)29(31)32/h4-11H,12-13H2,1-3H3,(H,28,30)/b25-11-. The number of nitro groups is 1. The Balaban J connectivity index is 1.60. The summed E-state index contributed by atoms with van der Waals surface area (Å²) in [4.78, 5) is 31.1. The van der Waals surface area contributed by atoms with Crippen LogP contribution in [0, 0.1) is 24.0 Å². The van der Waals surface area contributed by atoms with Crippen LogP contribution in [0.2, 0.25) is 5.02 Å². The molecule has 0 saturated carbocycles. The minimum absolute atomic E-state index is 0.0299. The van der Waals surface area contributed by atoms with E-state index >= 15 is 0 Å². The number of carbonyl (C=O) groups excluding carboxylic acids is 1. The normalized spacial score (nSPS) is 10.9. The molecular formula is C23H22ClN5O5S. The molecule has 3 rings (SSSR count). The third-order valence-corrected chi connectivity index (χ3v) is 5.58. The molecule has 12 heteroatoms. The van der Waals surface area contributed by atoms with Crippen LogP contribution in [0.4, 0.5) is 5.69 Å². The monoisotopic (exact) mass is 515 g/mol. The van der Waals surface area contributed by atoms with Gasteiger partial charge in [-0.15, -0.1) is 0 Å². The fourth-order valence-corrected chi connectivity index (χ4v) is 3.98. The Morgan fingerprint density at radius 3 is 2.66 bits per heavy atom. The molecule has 1 N–H and O–H groups in total. The molecular weight excluding hydrogens is 494 g/mol. The van der Waals surface area contributed by atoms with Gasteiger partial charge in [0.2, 0.25) is 0 Å². The Hall–Kier alpha value is -3.70. The Labute approximate surface area is 210 Å². The van der Waals surface area contributed by atoms with E-state index in [1.807, 2.05) is 19.9 Å². The molecule has 0 atom stereocenters. The number of benzene rings is 2. The number of aryl methyl sites for hydroxylation is 2. The van der Waals surface area contributed by atoms with Crippen molar-refractivity contribution in [3.8, 4) is 11.5 Å². The van der Waals surface area contributed by atoms with Crippen molar-refractivity contribution >= 4 is 41.2 Å². The Morgan fingerprint density at radius 1 is 1.23 bits per heavy atom. The highest BCUT2D eigenvalue weighted by atomic mass is 35.5. The molecule has 0 bridgehead atoms. The molecule has 0 aliphatic carbocycles. The highest BCUT2D eigenvalue weighted by molar-refractivity contribution is 7.99. The molecule has 10 nitrogen and oxygen atoms in total. The van der Waals surface area contributed by atoms with Gasteiger partial charge in [-0.2, -0.15) is 5.10 Å². The minimum atomic E-state index is -0.472. The average Bonchev–Trinajstić information content (AvgIpc) is 2.81. The molecule has 3 aromatic rings. The maximum Gasteiger partial charge on any atom is 0.269 e. The summed E-state index contributed by atoms with van der Waals surface area (Å²) in [6, 6.07) is 11.2. The van der Waals surface area contributed by atoms with E-state index in [9.17, 15) is 14.9 Å². The van der Waals surface area contributed by atoms with Gasteiger partial charge in [0.1, 0.15) is 6.61 Å². The number of aromatic nitrogens is 2. The number of halogens is 1. The molecule has 1 amide bonds. The molecule has 0 aliphatic heterocycles. The maximum absolute atomic E-state index is 12.1. The molecule has 0 unspecified atom stereocenters. The average molecular weight is 516 g/mol. The first-order chi connectivity index (χ1) is 16.7. The van der Waals surface area contributed by atoms with E-state index in [0.717, 1.165) is 11.4 Å². The minimum Gasteiger partial charge on any atom is -0.493 e. The molecule has 0 radical (unpaired) electrons. The molecule has 0 saturated heterocycles. The van der Waals surface area contributed by atoms with Crippen LogP contribution in [-0.4, -0.2) is 39.9 Å². The topological polar surface area (TPSA) is 129 Å². The number of methoxy groups -OCH3 is 1. The van der Waals surface area contributed by atoms with Gasteiger partial charge in [0.05, 0.1) is 29.0 Å². The van der Waals surface area contributed by atoms with Crippen LogP contribution in [0.1, 0.15) is 22.5 Å². The summed E-state index contributed by atoms with van der Waals surface area (Å²) >= 11 is 7.58. The number of hydrogen-bond donors (Lipinski definition) is 1. The van der Waals surface area contributed by atoms with Crippen molar-refractivity contribution in [1.29, 1.82) is 0 Å². The summed E-state index contributed by atoms with van der Waals surface area (Å²) in [5.41, 5.74) is 5.26. The highest BCUT2D eigenvalue weighted by Gasteiger charge is 2.13. The van der Waals surface area contributed by atoms with Gasteiger partial charge in [0.25, 0.3) is 11.6 Å². The van der Waals surface area contributed by atoms with Gasteiger partial charge in [0, 0.05) is 23.5 Å².